The van der Waals surface area contributed by atoms with Crippen LogP contribution in [0.1, 0.15) is 12.8 Å². The highest BCUT2D eigenvalue weighted by atomic mass is 32.2. The molecular weight excluding hydrogens is 304 g/mol. The first-order chi connectivity index (χ1) is 9.61. The third-order valence-corrected chi connectivity index (χ3v) is 4.84. The van der Waals surface area contributed by atoms with Crippen molar-refractivity contribution in [2.24, 2.45) is 0 Å². The first kappa shape index (κ1) is 15.6. The van der Waals surface area contributed by atoms with Crippen molar-refractivity contribution in [3.63, 3.8) is 0 Å². The molecule has 6 nitrogen and oxygen atoms in total. The average molecular weight is 322 g/mol. The Hall–Kier alpha value is -0.830. The summed E-state index contributed by atoms with van der Waals surface area (Å²) in [5, 5.41) is 3.79. The molecular formula is C12H18O6S2. The fourth-order valence-electron chi connectivity index (χ4n) is 1.71. The van der Waals surface area contributed by atoms with E-state index >= 15 is 0 Å². The summed E-state index contributed by atoms with van der Waals surface area (Å²) < 4.78 is 43.4. The van der Waals surface area contributed by atoms with Gasteiger partial charge in [-0.25, -0.2) is 0 Å². The average Bonchev–Trinajstić information content (AvgIpc) is 2.80. The van der Waals surface area contributed by atoms with Crippen molar-refractivity contribution in [3.8, 4) is 11.5 Å². The van der Waals surface area contributed by atoms with Crippen LogP contribution in [0, 0.1) is 0 Å². The third kappa shape index (κ3) is 4.62. The Morgan fingerprint density at radius 3 is 2.50 bits per heavy atom. The standard InChI is InChI=1S/C12H18O6S2/c1-15-20(13,14)5-3-2-4-16-10-6-17-11-8-19-9-12(11)18-7-10/h8-10H,2-7H2,1H3. The van der Waals surface area contributed by atoms with Crippen LogP contribution in [0.15, 0.2) is 10.8 Å². The second kappa shape index (κ2) is 7.26. The molecule has 1 aliphatic heterocycles. The molecule has 114 valence electrons. The number of unbranched alkanes of at least 4 members (excludes halogenated alkanes) is 1. The zero-order chi connectivity index (χ0) is 14.4. The highest BCUT2D eigenvalue weighted by Gasteiger charge is 2.19. The molecule has 0 saturated heterocycles. The first-order valence-corrected chi connectivity index (χ1v) is 8.84. The van der Waals surface area contributed by atoms with Crippen LogP contribution in [-0.4, -0.2) is 47.2 Å². The van der Waals surface area contributed by atoms with Gasteiger partial charge in [-0.3, -0.25) is 4.18 Å². The van der Waals surface area contributed by atoms with Crippen molar-refractivity contribution in [1.29, 1.82) is 0 Å². The number of rotatable bonds is 7. The summed E-state index contributed by atoms with van der Waals surface area (Å²) in [6.07, 6.45) is 1.03. The maximum Gasteiger partial charge on any atom is 0.267 e. The topological polar surface area (TPSA) is 71.1 Å². The molecule has 8 heteroatoms. The normalized spacial score (nSPS) is 16.1. The Balaban J connectivity index is 1.62. The third-order valence-electron chi connectivity index (χ3n) is 2.84. The summed E-state index contributed by atoms with van der Waals surface area (Å²) in [5.74, 6) is 1.53. The van der Waals surface area contributed by atoms with E-state index in [1.807, 2.05) is 10.8 Å². The Bertz CT molecular complexity index is 487. The van der Waals surface area contributed by atoms with Crippen molar-refractivity contribution in [1.82, 2.24) is 0 Å². The predicted octanol–water partition coefficient (Wildman–Crippen LogP) is 1.66. The second-order valence-electron chi connectivity index (χ2n) is 4.35. The minimum Gasteiger partial charge on any atom is -0.486 e. The van der Waals surface area contributed by atoms with Crippen LogP contribution in [0.3, 0.4) is 0 Å². The van der Waals surface area contributed by atoms with E-state index in [0.29, 0.717) is 32.7 Å². The van der Waals surface area contributed by atoms with Crippen molar-refractivity contribution < 1.29 is 26.8 Å². The fourth-order valence-corrected chi connectivity index (χ4v) is 3.12. The molecule has 2 heterocycles. The molecule has 1 aromatic heterocycles. The quantitative estimate of drug-likeness (QED) is 0.562. The van der Waals surface area contributed by atoms with Gasteiger partial charge in [-0.05, 0) is 12.8 Å². The van der Waals surface area contributed by atoms with E-state index in [1.165, 1.54) is 18.4 Å². The Morgan fingerprint density at radius 2 is 1.90 bits per heavy atom. The summed E-state index contributed by atoms with van der Waals surface area (Å²) >= 11 is 1.54. The molecule has 2 rings (SSSR count). The van der Waals surface area contributed by atoms with Crippen molar-refractivity contribution in [2.45, 2.75) is 18.9 Å². The van der Waals surface area contributed by atoms with Crippen LogP contribution in [0.5, 0.6) is 11.5 Å². The van der Waals surface area contributed by atoms with Gasteiger partial charge in [0.25, 0.3) is 10.1 Å². The van der Waals surface area contributed by atoms with Gasteiger partial charge in [0.2, 0.25) is 0 Å². The zero-order valence-corrected chi connectivity index (χ0v) is 12.9. The minimum absolute atomic E-state index is 0.0154. The molecule has 0 amide bonds. The van der Waals surface area contributed by atoms with Gasteiger partial charge >= 0.3 is 0 Å². The van der Waals surface area contributed by atoms with E-state index in [9.17, 15) is 8.42 Å². The molecule has 20 heavy (non-hydrogen) atoms. The molecule has 0 unspecified atom stereocenters. The van der Waals surface area contributed by atoms with E-state index in [4.69, 9.17) is 14.2 Å². The largest absolute Gasteiger partial charge is 0.486 e. The van der Waals surface area contributed by atoms with Gasteiger partial charge in [-0.1, -0.05) is 0 Å². The Labute approximate surface area is 122 Å². The van der Waals surface area contributed by atoms with Gasteiger partial charge in [0.05, 0.1) is 12.9 Å². The highest BCUT2D eigenvalue weighted by Crippen LogP contribution is 2.33. The lowest BCUT2D eigenvalue weighted by Gasteiger charge is -2.14. The van der Waals surface area contributed by atoms with Crippen LogP contribution in [0.2, 0.25) is 0 Å². The molecule has 0 spiro atoms. The van der Waals surface area contributed by atoms with Gasteiger partial charge < -0.3 is 14.2 Å². The number of ether oxygens (including phenoxy) is 3. The maximum atomic E-state index is 11.1. The molecule has 0 aromatic carbocycles. The molecule has 0 bridgehead atoms. The predicted molar refractivity (Wildman–Crippen MR) is 75.1 cm³/mol. The van der Waals surface area contributed by atoms with Gasteiger partial charge in [0.15, 0.2) is 11.5 Å². The van der Waals surface area contributed by atoms with Gasteiger partial charge in [0.1, 0.15) is 19.3 Å². The van der Waals surface area contributed by atoms with Crippen molar-refractivity contribution in [2.75, 3.05) is 32.7 Å². The van der Waals surface area contributed by atoms with E-state index < -0.39 is 10.1 Å². The van der Waals surface area contributed by atoms with Gasteiger partial charge in [-0.2, -0.15) is 8.42 Å². The summed E-state index contributed by atoms with van der Waals surface area (Å²) in [7, 11) is -2.19. The summed E-state index contributed by atoms with van der Waals surface area (Å²) in [4.78, 5) is 0. The Morgan fingerprint density at radius 1 is 1.25 bits per heavy atom. The number of hydrogen-bond acceptors (Lipinski definition) is 7. The second-order valence-corrected chi connectivity index (χ2v) is 6.95. The lowest BCUT2D eigenvalue weighted by molar-refractivity contribution is 0.00159. The molecule has 0 saturated carbocycles. The van der Waals surface area contributed by atoms with Crippen LogP contribution >= 0.6 is 11.3 Å². The molecule has 0 fully saturated rings. The summed E-state index contributed by atoms with van der Waals surface area (Å²) in [5.41, 5.74) is 0. The molecule has 0 radical (unpaired) electrons. The van der Waals surface area contributed by atoms with E-state index in [0.717, 1.165) is 11.5 Å². The fraction of sp³-hybridized carbons (Fsp3) is 0.667. The molecule has 0 aliphatic carbocycles. The monoisotopic (exact) mass is 322 g/mol. The molecule has 1 aliphatic rings. The maximum absolute atomic E-state index is 11.1. The van der Waals surface area contributed by atoms with Gasteiger partial charge in [0, 0.05) is 17.4 Å². The minimum atomic E-state index is -3.36. The Kier molecular flexibility index (Phi) is 5.64. The molecule has 1 aromatic rings. The van der Waals surface area contributed by atoms with E-state index in [-0.39, 0.29) is 11.9 Å². The molecule has 0 N–H and O–H groups in total. The SMILES string of the molecule is COS(=O)(=O)CCCCOC1COc2cscc2OC1. The van der Waals surface area contributed by atoms with E-state index in [1.54, 1.807) is 0 Å². The number of thiophene rings is 1. The first-order valence-electron chi connectivity index (χ1n) is 6.32. The van der Waals surface area contributed by atoms with Crippen molar-refractivity contribution >= 4 is 21.5 Å². The lowest BCUT2D eigenvalue weighted by atomic mass is 10.3. The zero-order valence-electron chi connectivity index (χ0n) is 11.2. The summed E-state index contributed by atoms with van der Waals surface area (Å²) in [6, 6.07) is 0. The number of fused-ring (bicyclic) bond motifs is 1. The summed E-state index contributed by atoms with van der Waals surface area (Å²) in [6.45, 7) is 1.36. The smallest absolute Gasteiger partial charge is 0.267 e. The highest BCUT2D eigenvalue weighted by molar-refractivity contribution is 7.86. The molecule has 0 atom stereocenters. The lowest BCUT2D eigenvalue weighted by Crippen LogP contribution is -2.27. The van der Waals surface area contributed by atoms with Crippen LogP contribution in [0.4, 0.5) is 0 Å². The number of hydrogen-bond donors (Lipinski definition) is 0. The van der Waals surface area contributed by atoms with Crippen molar-refractivity contribution in [3.05, 3.63) is 10.8 Å². The van der Waals surface area contributed by atoms with Crippen LogP contribution in [-0.2, 0) is 19.0 Å². The van der Waals surface area contributed by atoms with E-state index in [2.05, 4.69) is 4.18 Å². The van der Waals surface area contributed by atoms with Crippen LogP contribution in [0.25, 0.3) is 0 Å². The van der Waals surface area contributed by atoms with Crippen LogP contribution < -0.4 is 9.47 Å². The van der Waals surface area contributed by atoms with Gasteiger partial charge in [-0.15, -0.1) is 11.3 Å².